The van der Waals surface area contributed by atoms with Crippen molar-refractivity contribution in [3.8, 4) is 17.1 Å². The second kappa shape index (κ2) is 9.74. The van der Waals surface area contributed by atoms with Gasteiger partial charge >= 0.3 is 12.1 Å². The van der Waals surface area contributed by atoms with Crippen LogP contribution in [0, 0.1) is 0 Å². The van der Waals surface area contributed by atoms with E-state index in [9.17, 15) is 22.8 Å². The van der Waals surface area contributed by atoms with Gasteiger partial charge in [-0.05, 0) is 24.3 Å². The molecule has 3 rings (SSSR count). The molecule has 1 heterocycles. The van der Waals surface area contributed by atoms with Gasteiger partial charge in [-0.15, -0.1) is 0 Å². The molecule has 3 aromatic rings. The molecular weight excluding hydrogens is 419 g/mol. The number of ether oxygens (including phenoxy) is 2. The van der Waals surface area contributed by atoms with E-state index in [1.807, 2.05) is 0 Å². The average Bonchev–Trinajstić information content (AvgIpc) is 3.24. The molecule has 0 atom stereocenters. The van der Waals surface area contributed by atoms with Crippen LogP contribution in [0.3, 0.4) is 0 Å². The van der Waals surface area contributed by atoms with Crippen molar-refractivity contribution < 1.29 is 36.8 Å². The molecule has 1 amide bonds. The van der Waals surface area contributed by atoms with Gasteiger partial charge in [0.2, 0.25) is 5.82 Å². The van der Waals surface area contributed by atoms with Crippen LogP contribution in [0.2, 0.25) is 0 Å². The number of carbonyl (C=O) groups excluding carboxylic acids is 2. The molecule has 162 valence electrons. The third-order valence-corrected chi connectivity index (χ3v) is 3.82. The third-order valence-electron chi connectivity index (χ3n) is 3.82. The smallest absolute Gasteiger partial charge is 0.416 e. The number of carbonyl (C=O) groups is 2. The Morgan fingerprint density at radius 1 is 1.06 bits per heavy atom. The molecule has 0 saturated heterocycles. The standard InChI is InChI=1S/C20H16F3N3O5/c21-20(22,23)14-6-4-5-13(9-14)19-25-17(31-26-19)12-30-18(28)10-24-16(27)11-29-15-7-2-1-3-8-15/h1-9H,10-12H2,(H,24,27). The van der Waals surface area contributed by atoms with Gasteiger partial charge in [-0.2, -0.15) is 18.2 Å². The van der Waals surface area contributed by atoms with E-state index in [2.05, 4.69) is 15.5 Å². The number of hydrogen-bond acceptors (Lipinski definition) is 7. The number of alkyl halides is 3. The van der Waals surface area contributed by atoms with E-state index in [0.717, 1.165) is 12.1 Å². The van der Waals surface area contributed by atoms with Crippen LogP contribution in [0.25, 0.3) is 11.4 Å². The van der Waals surface area contributed by atoms with Gasteiger partial charge < -0.3 is 19.3 Å². The van der Waals surface area contributed by atoms with E-state index in [4.69, 9.17) is 14.0 Å². The highest BCUT2D eigenvalue weighted by molar-refractivity contribution is 5.82. The number of nitrogens with zero attached hydrogens (tertiary/aromatic N) is 2. The zero-order chi connectivity index (χ0) is 22.3. The highest BCUT2D eigenvalue weighted by Gasteiger charge is 2.30. The Kier molecular flexibility index (Phi) is 6.85. The summed E-state index contributed by atoms with van der Waals surface area (Å²) < 4.78 is 53.4. The van der Waals surface area contributed by atoms with Crippen molar-refractivity contribution in [2.75, 3.05) is 13.2 Å². The SMILES string of the molecule is O=C(COc1ccccc1)NCC(=O)OCc1nc(-c2cccc(C(F)(F)F)c2)no1. The minimum atomic E-state index is -4.51. The number of rotatable bonds is 8. The summed E-state index contributed by atoms with van der Waals surface area (Å²) in [5, 5.41) is 5.91. The van der Waals surface area contributed by atoms with Crippen molar-refractivity contribution in [3.05, 3.63) is 66.1 Å². The normalized spacial score (nSPS) is 11.1. The van der Waals surface area contributed by atoms with Crippen LogP contribution in [0.5, 0.6) is 5.75 Å². The number of nitrogens with one attached hydrogen (secondary N) is 1. The average molecular weight is 435 g/mol. The van der Waals surface area contributed by atoms with Crippen LogP contribution < -0.4 is 10.1 Å². The molecule has 8 nitrogen and oxygen atoms in total. The lowest BCUT2D eigenvalue weighted by atomic mass is 10.1. The Balaban J connectivity index is 1.44. The quantitative estimate of drug-likeness (QED) is 0.543. The molecule has 0 aliphatic heterocycles. The summed E-state index contributed by atoms with van der Waals surface area (Å²) in [7, 11) is 0. The van der Waals surface area contributed by atoms with E-state index < -0.39 is 36.8 Å². The van der Waals surface area contributed by atoms with E-state index >= 15 is 0 Å². The number of hydrogen-bond donors (Lipinski definition) is 1. The van der Waals surface area contributed by atoms with Crippen LogP contribution in [-0.2, 0) is 27.1 Å². The Morgan fingerprint density at radius 3 is 2.58 bits per heavy atom. The van der Waals surface area contributed by atoms with Crippen LogP contribution in [-0.4, -0.2) is 35.2 Å². The van der Waals surface area contributed by atoms with Gasteiger partial charge in [0, 0.05) is 5.56 Å². The number of amides is 1. The zero-order valence-corrected chi connectivity index (χ0v) is 15.9. The largest absolute Gasteiger partial charge is 0.484 e. The lowest BCUT2D eigenvalue weighted by Gasteiger charge is -2.07. The van der Waals surface area contributed by atoms with Crippen molar-refractivity contribution in [1.29, 1.82) is 0 Å². The van der Waals surface area contributed by atoms with Gasteiger partial charge in [-0.25, -0.2) is 0 Å². The lowest BCUT2D eigenvalue weighted by Crippen LogP contribution is -2.34. The van der Waals surface area contributed by atoms with Crippen molar-refractivity contribution >= 4 is 11.9 Å². The van der Waals surface area contributed by atoms with E-state index in [1.54, 1.807) is 30.3 Å². The lowest BCUT2D eigenvalue weighted by molar-refractivity contribution is -0.146. The molecule has 31 heavy (non-hydrogen) atoms. The van der Waals surface area contributed by atoms with Crippen LogP contribution in [0.1, 0.15) is 11.5 Å². The fourth-order valence-electron chi connectivity index (χ4n) is 2.35. The minimum absolute atomic E-state index is 0.0801. The van der Waals surface area contributed by atoms with Gasteiger partial charge in [0.1, 0.15) is 12.3 Å². The third kappa shape index (κ3) is 6.56. The van der Waals surface area contributed by atoms with Crippen molar-refractivity contribution in [2.45, 2.75) is 12.8 Å². The molecule has 0 bridgehead atoms. The first-order valence-electron chi connectivity index (χ1n) is 8.91. The van der Waals surface area contributed by atoms with Gasteiger partial charge in [-0.3, -0.25) is 9.59 Å². The first-order chi connectivity index (χ1) is 14.8. The monoisotopic (exact) mass is 435 g/mol. The van der Waals surface area contributed by atoms with Gasteiger partial charge in [0.15, 0.2) is 13.2 Å². The first kappa shape index (κ1) is 21.8. The molecule has 1 aromatic heterocycles. The number of para-hydroxylation sites is 1. The number of benzene rings is 2. The molecule has 0 aliphatic carbocycles. The molecule has 0 aliphatic rings. The molecule has 0 radical (unpaired) electrons. The molecular formula is C20H16F3N3O5. The molecule has 0 saturated carbocycles. The van der Waals surface area contributed by atoms with Crippen molar-refractivity contribution in [3.63, 3.8) is 0 Å². The van der Waals surface area contributed by atoms with E-state index in [1.165, 1.54) is 12.1 Å². The van der Waals surface area contributed by atoms with Crippen LogP contribution in [0.15, 0.2) is 59.1 Å². The molecule has 2 aromatic carbocycles. The number of aromatic nitrogens is 2. The maximum Gasteiger partial charge on any atom is 0.416 e. The molecule has 0 unspecified atom stereocenters. The van der Waals surface area contributed by atoms with Crippen LogP contribution >= 0.6 is 0 Å². The summed E-state index contributed by atoms with van der Waals surface area (Å²) in [6, 6.07) is 13.1. The Bertz CT molecular complexity index is 1040. The summed E-state index contributed by atoms with van der Waals surface area (Å²) in [5.41, 5.74) is -0.753. The summed E-state index contributed by atoms with van der Waals surface area (Å²) in [6.07, 6.45) is -4.51. The number of halogens is 3. The highest BCUT2D eigenvalue weighted by Crippen LogP contribution is 2.31. The Labute approximate surface area is 174 Å². The Hall–Kier alpha value is -3.89. The molecule has 11 heteroatoms. The maximum atomic E-state index is 12.8. The van der Waals surface area contributed by atoms with Crippen LogP contribution in [0.4, 0.5) is 13.2 Å². The van der Waals surface area contributed by atoms with Gasteiger partial charge in [-0.1, -0.05) is 35.5 Å². The second-order valence-corrected chi connectivity index (χ2v) is 6.13. The minimum Gasteiger partial charge on any atom is -0.484 e. The fourth-order valence-corrected chi connectivity index (χ4v) is 2.35. The predicted octanol–water partition coefficient (Wildman–Crippen LogP) is 2.99. The topological polar surface area (TPSA) is 104 Å². The van der Waals surface area contributed by atoms with Gasteiger partial charge in [0.25, 0.3) is 11.8 Å². The van der Waals surface area contributed by atoms with Crippen molar-refractivity contribution in [1.82, 2.24) is 15.5 Å². The van der Waals surface area contributed by atoms with E-state index in [-0.39, 0.29) is 23.9 Å². The zero-order valence-electron chi connectivity index (χ0n) is 15.9. The van der Waals surface area contributed by atoms with Crippen molar-refractivity contribution in [2.24, 2.45) is 0 Å². The first-order valence-corrected chi connectivity index (χ1v) is 8.91. The van der Waals surface area contributed by atoms with Gasteiger partial charge in [0.05, 0.1) is 5.56 Å². The summed E-state index contributed by atoms with van der Waals surface area (Å²) >= 11 is 0. The Morgan fingerprint density at radius 2 is 1.84 bits per heavy atom. The second-order valence-electron chi connectivity index (χ2n) is 6.13. The summed E-state index contributed by atoms with van der Waals surface area (Å²) in [6.45, 7) is -1.09. The molecule has 0 spiro atoms. The van der Waals surface area contributed by atoms with E-state index in [0.29, 0.717) is 5.75 Å². The summed E-state index contributed by atoms with van der Waals surface area (Å²) in [4.78, 5) is 27.3. The number of esters is 1. The summed E-state index contributed by atoms with van der Waals surface area (Å²) in [5.74, 6) is -0.978. The maximum absolute atomic E-state index is 12.8. The highest BCUT2D eigenvalue weighted by atomic mass is 19.4. The molecule has 0 fully saturated rings. The molecule has 1 N–H and O–H groups in total. The predicted molar refractivity (Wildman–Crippen MR) is 99.5 cm³/mol. The fraction of sp³-hybridized carbons (Fsp3) is 0.200.